The van der Waals surface area contributed by atoms with Gasteiger partial charge >= 0.3 is 0 Å². The number of aryl methyl sites for hydroxylation is 4. The summed E-state index contributed by atoms with van der Waals surface area (Å²) < 4.78 is 0. The molecule has 2 heteroatoms. The van der Waals surface area contributed by atoms with Gasteiger partial charge in [-0.3, -0.25) is 9.97 Å². The van der Waals surface area contributed by atoms with Gasteiger partial charge in [-0.1, -0.05) is 0 Å². The maximum Gasteiger partial charge on any atom is 0.0548 e. The standard InChI is InChI=1S/C15H16N2/c1-8-6-12-13(17-11(8)4)7-14-15(12)9(2)5-10(3)16-14/h5-6H,7H2,1-4H3. The average Bonchev–Trinajstić information content (AvgIpc) is 2.56. The number of hydrogen-bond donors (Lipinski definition) is 0. The molecule has 0 spiro atoms. The lowest BCUT2D eigenvalue weighted by Gasteiger charge is -2.07. The topological polar surface area (TPSA) is 25.8 Å². The highest BCUT2D eigenvalue weighted by molar-refractivity contribution is 5.77. The highest BCUT2D eigenvalue weighted by atomic mass is 14.8. The Hall–Kier alpha value is -1.70. The number of nitrogens with zero attached hydrogens (tertiary/aromatic N) is 2. The number of fused-ring (bicyclic) bond motifs is 3. The predicted molar refractivity (Wildman–Crippen MR) is 69.2 cm³/mol. The van der Waals surface area contributed by atoms with Crippen molar-refractivity contribution in [3.05, 3.63) is 46.0 Å². The molecule has 2 aromatic heterocycles. The molecule has 17 heavy (non-hydrogen) atoms. The third-order valence-electron chi connectivity index (χ3n) is 3.57. The van der Waals surface area contributed by atoms with Crippen LogP contribution in [0.4, 0.5) is 0 Å². The van der Waals surface area contributed by atoms with Crippen LogP contribution in [0.2, 0.25) is 0 Å². The first-order valence-corrected chi connectivity index (χ1v) is 6.01. The van der Waals surface area contributed by atoms with E-state index in [4.69, 9.17) is 4.98 Å². The van der Waals surface area contributed by atoms with Crippen LogP contribution in [-0.2, 0) is 6.42 Å². The minimum absolute atomic E-state index is 0.883. The van der Waals surface area contributed by atoms with Crippen molar-refractivity contribution < 1.29 is 0 Å². The SMILES string of the molecule is Cc1cc(C)c2c(n1)Cc1nc(C)c(C)cc1-2. The van der Waals surface area contributed by atoms with Crippen LogP contribution in [-0.4, -0.2) is 9.97 Å². The Bertz CT molecular complexity index is 627. The maximum atomic E-state index is 4.70. The normalized spacial score (nSPS) is 12.5. The summed E-state index contributed by atoms with van der Waals surface area (Å²) in [5, 5.41) is 0. The van der Waals surface area contributed by atoms with E-state index in [0.717, 1.165) is 17.8 Å². The Morgan fingerprint density at radius 3 is 2.41 bits per heavy atom. The van der Waals surface area contributed by atoms with E-state index in [9.17, 15) is 0 Å². The molecule has 0 aliphatic heterocycles. The Labute approximate surface area is 102 Å². The first-order chi connectivity index (χ1) is 8.06. The summed E-state index contributed by atoms with van der Waals surface area (Å²) in [5.41, 5.74) is 9.77. The molecule has 3 rings (SSSR count). The molecule has 86 valence electrons. The molecule has 0 N–H and O–H groups in total. The predicted octanol–water partition coefficient (Wildman–Crippen LogP) is 3.28. The lowest BCUT2D eigenvalue weighted by atomic mass is 10.0. The van der Waals surface area contributed by atoms with E-state index in [1.807, 2.05) is 0 Å². The van der Waals surface area contributed by atoms with Gasteiger partial charge in [-0.15, -0.1) is 0 Å². The van der Waals surface area contributed by atoms with Gasteiger partial charge in [0.2, 0.25) is 0 Å². The Balaban J connectivity index is 2.31. The molecule has 2 heterocycles. The minimum Gasteiger partial charge on any atom is -0.257 e. The second-order valence-electron chi connectivity index (χ2n) is 4.96. The summed E-state index contributed by atoms with van der Waals surface area (Å²) in [4.78, 5) is 9.35. The molecule has 0 radical (unpaired) electrons. The van der Waals surface area contributed by atoms with Gasteiger partial charge in [0, 0.05) is 28.9 Å². The Kier molecular flexibility index (Phi) is 2.09. The highest BCUT2D eigenvalue weighted by Crippen LogP contribution is 2.37. The molecule has 0 aromatic carbocycles. The zero-order valence-electron chi connectivity index (χ0n) is 10.8. The molecule has 0 saturated carbocycles. The molecule has 0 saturated heterocycles. The van der Waals surface area contributed by atoms with Crippen molar-refractivity contribution in [2.75, 3.05) is 0 Å². The van der Waals surface area contributed by atoms with Gasteiger partial charge in [-0.2, -0.15) is 0 Å². The molecule has 0 fully saturated rings. The van der Waals surface area contributed by atoms with E-state index < -0.39 is 0 Å². The van der Waals surface area contributed by atoms with E-state index in [-0.39, 0.29) is 0 Å². The third kappa shape index (κ3) is 1.47. The third-order valence-corrected chi connectivity index (χ3v) is 3.57. The fraction of sp³-hybridized carbons (Fsp3) is 0.333. The van der Waals surface area contributed by atoms with E-state index in [2.05, 4.69) is 44.8 Å². The zero-order chi connectivity index (χ0) is 12.2. The molecule has 1 aliphatic rings. The van der Waals surface area contributed by atoms with Crippen LogP contribution in [0.1, 0.15) is 33.9 Å². The molecule has 2 aromatic rings. The smallest absolute Gasteiger partial charge is 0.0548 e. The van der Waals surface area contributed by atoms with E-state index in [0.29, 0.717) is 0 Å². The summed E-state index contributed by atoms with van der Waals surface area (Å²) in [6.07, 6.45) is 0.883. The Morgan fingerprint density at radius 1 is 0.882 bits per heavy atom. The summed E-state index contributed by atoms with van der Waals surface area (Å²) in [6.45, 7) is 8.42. The monoisotopic (exact) mass is 224 g/mol. The first kappa shape index (κ1) is 10.5. The molecular weight excluding hydrogens is 208 g/mol. The molecule has 2 nitrogen and oxygen atoms in total. The van der Waals surface area contributed by atoms with Crippen LogP contribution in [0.3, 0.4) is 0 Å². The lowest BCUT2D eigenvalue weighted by molar-refractivity contribution is 1.01. The van der Waals surface area contributed by atoms with Crippen molar-refractivity contribution in [2.24, 2.45) is 0 Å². The van der Waals surface area contributed by atoms with Crippen LogP contribution in [0.5, 0.6) is 0 Å². The largest absolute Gasteiger partial charge is 0.257 e. The van der Waals surface area contributed by atoms with Crippen molar-refractivity contribution in [3.63, 3.8) is 0 Å². The number of pyridine rings is 2. The molecule has 0 atom stereocenters. The second-order valence-corrected chi connectivity index (χ2v) is 4.96. The summed E-state index contributed by atoms with van der Waals surface area (Å²) in [7, 11) is 0. The second kappa shape index (κ2) is 3.39. The van der Waals surface area contributed by atoms with Gasteiger partial charge in [0.05, 0.1) is 11.4 Å². The van der Waals surface area contributed by atoms with E-state index >= 15 is 0 Å². The molecular formula is C15H16N2. The van der Waals surface area contributed by atoms with Gasteiger partial charge in [-0.05, 0) is 51.0 Å². The van der Waals surface area contributed by atoms with Crippen molar-refractivity contribution in [3.8, 4) is 11.1 Å². The van der Waals surface area contributed by atoms with Crippen molar-refractivity contribution in [2.45, 2.75) is 34.1 Å². The van der Waals surface area contributed by atoms with Gasteiger partial charge < -0.3 is 0 Å². The molecule has 0 unspecified atom stereocenters. The summed E-state index contributed by atoms with van der Waals surface area (Å²) >= 11 is 0. The van der Waals surface area contributed by atoms with Crippen LogP contribution in [0, 0.1) is 27.7 Å². The molecule has 1 aliphatic carbocycles. The molecule has 0 bridgehead atoms. The van der Waals surface area contributed by atoms with E-state index in [1.54, 1.807) is 0 Å². The summed E-state index contributed by atoms with van der Waals surface area (Å²) in [6, 6.07) is 4.41. The minimum atomic E-state index is 0.883. The van der Waals surface area contributed by atoms with E-state index in [1.165, 1.54) is 33.6 Å². The zero-order valence-corrected chi connectivity index (χ0v) is 10.8. The molecule has 0 amide bonds. The van der Waals surface area contributed by atoms with Gasteiger partial charge in [-0.25, -0.2) is 0 Å². The lowest BCUT2D eigenvalue weighted by Crippen LogP contribution is -1.93. The van der Waals surface area contributed by atoms with Crippen LogP contribution >= 0.6 is 0 Å². The summed E-state index contributed by atoms with van der Waals surface area (Å²) in [5.74, 6) is 0. The fourth-order valence-electron chi connectivity index (χ4n) is 2.67. The highest BCUT2D eigenvalue weighted by Gasteiger charge is 2.23. The van der Waals surface area contributed by atoms with Gasteiger partial charge in [0.1, 0.15) is 0 Å². The maximum absolute atomic E-state index is 4.70. The van der Waals surface area contributed by atoms with Gasteiger partial charge in [0.25, 0.3) is 0 Å². The Morgan fingerprint density at radius 2 is 1.65 bits per heavy atom. The van der Waals surface area contributed by atoms with Crippen LogP contribution in [0.15, 0.2) is 12.1 Å². The number of hydrogen-bond acceptors (Lipinski definition) is 2. The van der Waals surface area contributed by atoms with Crippen LogP contribution in [0.25, 0.3) is 11.1 Å². The van der Waals surface area contributed by atoms with Crippen molar-refractivity contribution in [1.29, 1.82) is 0 Å². The van der Waals surface area contributed by atoms with Gasteiger partial charge in [0.15, 0.2) is 0 Å². The fourth-order valence-corrected chi connectivity index (χ4v) is 2.67. The quantitative estimate of drug-likeness (QED) is 0.585. The first-order valence-electron chi connectivity index (χ1n) is 6.01. The van der Waals surface area contributed by atoms with Crippen molar-refractivity contribution in [1.82, 2.24) is 9.97 Å². The number of rotatable bonds is 0. The average molecular weight is 224 g/mol. The number of aromatic nitrogens is 2. The van der Waals surface area contributed by atoms with Crippen molar-refractivity contribution >= 4 is 0 Å². The van der Waals surface area contributed by atoms with Crippen LogP contribution < -0.4 is 0 Å².